The molecule has 100 valence electrons. The Balaban J connectivity index is 2.02. The highest BCUT2D eigenvalue weighted by Gasteiger charge is 2.28. The molecule has 1 aromatic carbocycles. The van der Waals surface area contributed by atoms with Crippen molar-refractivity contribution in [2.45, 2.75) is 12.8 Å². The summed E-state index contributed by atoms with van der Waals surface area (Å²) in [5, 5.41) is 12.6. The Kier molecular flexibility index (Phi) is 3.79. The van der Waals surface area contributed by atoms with Crippen molar-refractivity contribution < 1.29 is 9.59 Å². The summed E-state index contributed by atoms with van der Waals surface area (Å²) >= 11 is 0. The number of nitrogen functional groups attached to an aromatic ring is 1. The third-order valence-electron chi connectivity index (χ3n) is 3.07. The van der Waals surface area contributed by atoms with Gasteiger partial charge in [-0.3, -0.25) is 15.0 Å². The summed E-state index contributed by atoms with van der Waals surface area (Å²) in [6.07, 6.45) is 1.39. The highest BCUT2D eigenvalue weighted by Crippen LogP contribution is 2.15. The van der Waals surface area contributed by atoms with E-state index < -0.39 is 5.92 Å². The number of nitrogens with two attached hydrogens (primary N) is 1. The Morgan fingerprint density at radius 1 is 1.37 bits per heavy atom. The summed E-state index contributed by atoms with van der Waals surface area (Å²) < 4.78 is 0. The zero-order valence-corrected chi connectivity index (χ0v) is 10.4. The maximum atomic E-state index is 12.0. The molecule has 1 fully saturated rings. The number of nitrogens with one attached hydrogen (secondary N) is 3. The average Bonchev–Trinajstić information content (AvgIpc) is 2.39. The van der Waals surface area contributed by atoms with Crippen molar-refractivity contribution in [2.75, 3.05) is 11.9 Å². The summed E-state index contributed by atoms with van der Waals surface area (Å²) in [7, 11) is 0. The molecule has 1 unspecified atom stereocenters. The predicted octanol–water partition coefficient (Wildman–Crippen LogP) is 0.435. The van der Waals surface area contributed by atoms with Crippen LogP contribution in [-0.2, 0) is 9.59 Å². The van der Waals surface area contributed by atoms with Crippen LogP contribution < -0.4 is 16.4 Å². The van der Waals surface area contributed by atoms with Crippen LogP contribution >= 0.6 is 0 Å². The third-order valence-corrected chi connectivity index (χ3v) is 3.07. The Bertz CT molecular complexity index is 510. The number of hydrogen-bond donors (Lipinski definition) is 4. The van der Waals surface area contributed by atoms with Gasteiger partial charge in [0, 0.05) is 17.8 Å². The maximum Gasteiger partial charge on any atom is 0.236 e. The molecule has 0 bridgehead atoms. The maximum absolute atomic E-state index is 12.0. The summed E-state index contributed by atoms with van der Waals surface area (Å²) in [5.74, 6) is -1.16. The number of benzene rings is 1. The van der Waals surface area contributed by atoms with Crippen LogP contribution in [-0.4, -0.2) is 24.2 Å². The van der Waals surface area contributed by atoms with Crippen LogP contribution in [0, 0.1) is 11.3 Å². The Morgan fingerprint density at radius 2 is 2.05 bits per heavy atom. The lowest BCUT2D eigenvalue weighted by molar-refractivity contribution is -0.134. The quantitative estimate of drug-likeness (QED) is 0.359. The highest BCUT2D eigenvalue weighted by atomic mass is 16.2. The van der Waals surface area contributed by atoms with Crippen molar-refractivity contribution in [1.82, 2.24) is 5.32 Å². The highest BCUT2D eigenvalue weighted by molar-refractivity contribution is 6.06. The monoisotopic (exact) mass is 260 g/mol. The molecule has 1 saturated heterocycles. The first kappa shape index (κ1) is 13.1. The molecule has 1 aliphatic rings. The second-order valence-corrected chi connectivity index (χ2v) is 4.47. The SMILES string of the molecule is N=C(N)c1ccc(NC(=O)C2CCCNC2=O)cc1. The molecule has 6 heteroatoms. The molecule has 1 aromatic rings. The molecule has 0 radical (unpaired) electrons. The van der Waals surface area contributed by atoms with Crippen LogP contribution in [0.1, 0.15) is 18.4 Å². The van der Waals surface area contributed by atoms with Gasteiger partial charge in [0.1, 0.15) is 11.8 Å². The molecular formula is C13H16N4O2. The van der Waals surface area contributed by atoms with Crippen molar-refractivity contribution in [2.24, 2.45) is 11.7 Å². The standard InChI is InChI=1S/C13H16N4O2/c14-11(15)8-3-5-9(6-4-8)17-13(19)10-2-1-7-16-12(10)18/h3-6,10H,1-2,7H2,(H3,14,15)(H,16,18)(H,17,19). The smallest absolute Gasteiger partial charge is 0.236 e. The number of piperidine rings is 1. The molecule has 0 aliphatic carbocycles. The minimum Gasteiger partial charge on any atom is -0.384 e. The number of carbonyl (C=O) groups excluding carboxylic acids is 2. The van der Waals surface area contributed by atoms with Gasteiger partial charge in [0.25, 0.3) is 0 Å². The average molecular weight is 260 g/mol. The fourth-order valence-corrected chi connectivity index (χ4v) is 1.98. The lowest BCUT2D eigenvalue weighted by atomic mass is 9.97. The van der Waals surface area contributed by atoms with Crippen molar-refractivity contribution in [1.29, 1.82) is 5.41 Å². The first-order chi connectivity index (χ1) is 9.08. The zero-order valence-electron chi connectivity index (χ0n) is 10.4. The van der Waals surface area contributed by atoms with E-state index in [2.05, 4.69) is 10.6 Å². The van der Waals surface area contributed by atoms with E-state index in [1.165, 1.54) is 0 Å². The van der Waals surface area contributed by atoms with Crippen LogP contribution in [0.3, 0.4) is 0 Å². The summed E-state index contributed by atoms with van der Waals surface area (Å²) in [6.45, 7) is 0.635. The van der Waals surface area contributed by atoms with Crippen LogP contribution in [0.2, 0.25) is 0 Å². The minimum absolute atomic E-state index is 0.0236. The van der Waals surface area contributed by atoms with E-state index in [9.17, 15) is 9.59 Å². The van der Waals surface area contributed by atoms with E-state index >= 15 is 0 Å². The molecule has 6 nitrogen and oxygen atoms in total. The molecule has 0 saturated carbocycles. The van der Waals surface area contributed by atoms with Gasteiger partial charge in [-0.05, 0) is 37.1 Å². The number of amidine groups is 1. The van der Waals surface area contributed by atoms with Gasteiger partial charge in [-0.25, -0.2) is 0 Å². The Hall–Kier alpha value is -2.37. The van der Waals surface area contributed by atoms with Crippen molar-refractivity contribution in [3.05, 3.63) is 29.8 Å². The van der Waals surface area contributed by atoms with Gasteiger partial charge in [-0.2, -0.15) is 0 Å². The predicted molar refractivity (Wildman–Crippen MR) is 71.8 cm³/mol. The largest absolute Gasteiger partial charge is 0.384 e. The number of anilines is 1. The molecule has 0 spiro atoms. The summed E-state index contributed by atoms with van der Waals surface area (Å²) in [5.41, 5.74) is 6.53. The van der Waals surface area contributed by atoms with Crippen molar-refractivity contribution >= 4 is 23.3 Å². The van der Waals surface area contributed by atoms with Gasteiger partial charge in [0.2, 0.25) is 11.8 Å². The zero-order chi connectivity index (χ0) is 13.8. The number of amides is 2. The number of hydrogen-bond acceptors (Lipinski definition) is 3. The molecular weight excluding hydrogens is 244 g/mol. The summed E-state index contributed by atoms with van der Waals surface area (Å²) in [6, 6.07) is 6.63. The van der Waals surface area contributed by atoms with Gasteiger partial charge in [0.15, 0.2) is 0 Å². The molecule has 0 aromatic heterocycles. The normalized spacial score (nSPS) is 18.5. The molecule has 2 rings (SSSR count). The van der Waals surface area contributed by atoms with E-state index in [1.807, 2.05) is 0 Å². The third kappa shape index (κ3) is 3.09. The van der Waals surface area contributed by atoms with E-state index in [4.69, 9.17) is 11.1 Å². The van der Waals surface area contributed by atoms with Crippen LogP contribution in [0.4, 0.5) is 5.69 Å². The van der Waals surface area contributed by atoms with Crippen molar-refractivity contribution in [3.8, 4) is 0 Å². The fraction of sp³-hybridized carbons (Fsp3) is 0.308. The molecule has 1 atom stereocenters. The second-order valence-electron chi connectivity index (χ2n) is 4.47. The van der Waals surface area contributed by atoms with E-state index in [0.717, 1.165) is 6.42 Å². The molecule has 1 heterocycles. The first-order valence-corrected chi connectivity index (χ1v) is 6.11. The van der Waals surface area contributed by atoms with E-state index in [0.29, 0.717) is 24.2 Å². The molecule has 1 aliphatic heterocycles. The van der Waals surface area contributed by atoms with Gasteiger partial charge in [-0.1, -0.05) is 0 Å². The minimum atomic E-state index is -0.624. The van der Waals surface area contributed by atoms with Gasteiger partial charge < -0.3 is 16.4 Å². The topological polar surface area (TPSA) is 108 Å². The van der Waals surface area contributed by atoms with E-state index in [-0.39, 0.29) is 17.6 Å². The number of carbonyl (C=O) groups is 2. The van der Waals surface area contributed by atoms with E-state index in [1.54, 1.807) is 24.3 Å². The fourth-order valence-electron chi connectivity index (χ4n) is 1.98. The summed E-state index contributed by atoms with van der Waals surface area (Å²) in [4.78, 5) is 23.5. The number of rotatable bonds is 3. The van der Waals surface area contributed by atoms with Gasteiger partial charge in [-0.15, -0.1) is 0 Å². The van der Waals surface area contributed by atoms with Crippen molar-refractivity contribution in [3.63, 3.8) is 0 Å². The second kappa shape index (κ2) is 5.51. The van der Waals surface area contributed by atoms with Crippen LogP contribution in [0.5, 0.6) is 0 Å². The Labute approximate surface area is 110 Å². The van der Waals surface area contributed by atoms with Crippen LogP contribution in [0.15, 0.2) is 24.3 Å². The van der Waals surface area contributed by atoms with Gasteiger partial charge >= 0.3 is 0 Å². The van der Waals surface area contributed by atoms with Gasteiger partial charge in [0.05, 0.1) is 0 Å². The molecule has 19 heavy (non-hydrogen) atoms. The lowest BCUT2D eigenvalue weighted by Crippen LogP contribution is -2.42. The lowest BCUT2D eigenvalue weighted by Gasteiger charge is -2.21. The molecule has 5 N–H and O–H groups in total. The first-order valence-electron chi connectivity index (χ1n) is 6.11. The molecule has 2 amide bonds. The Morgan fingerprint density at radius 3 is 2.63 bits per heavy atom. The van der Waals surface area contributed by atoms with Crippen LogP contribution in [0.25, 0.3) is 0 Å².